The summed E-state index contributed by atoms with van der Waals surface area (Å²) in [5, 5.41) is 3.64. The van der Waals surface area contributed by atoms with Crippen molar-refractivity contribution in [2.45, 2.75) is 45.2 Å². The van der Waals surface area contributed by atoms with Gasteiger partial charge in [0, 0.05) is 18.6 Å². The van der Waals surface area contributed by atoms with Gasteiger partial charge in [0.1, 0.15) is 5.75 Å². The lowest BCUT2D eigenvalue weighted by molar-refractivity contribution is 0.181. The zero-order chi connectivity index (χ0) is 14.4. The van der Waals surface area contributed by atoms with Crippen molar-refractivity contribution in [2.24, 2.45) is 0 Å². The molecular weight excluding hydrogens is 248 g/mol. The minimum absolute atomic E-state index is 0.483. The smallest absolute Gasteiger partial charge is 0.118 e. The van der Waals surface area contributed by atoms with Gasteiger partial charge in [0.15, 0.2) is 0 Å². The number of hydrogen-bond acceptors (Lipinski definition) is 3. The Bertz CT molecular complexity index is 390. The highest BCUT2D eigenvalue weighted by atomic mass is 16.5. The maximum atomic E-state index is 5.24. The fraction of sp³-hybridized carbons (Fsp3) is 0.647. The van der Waals surface area contributed by atoms with E-state index in [2.05, 4.69) is 48.3 Å². The van der Waals surface area contributed by atoms with E-state index < -0.39 is 0 Å². The van der Waals surface area contributed by atoms with Crippen LogP contribution in [0.1, 0.15) is 44.7 Å². The molecule has 0 spiro atoms. The van der Waals surface area contributed by atoms with Gasteiger partial charge < -0.3 is 10.1 Å². The van der Waals surface area contributed by atoms with Crippen LogP contribution in [-0.4, -0.2) is 37.7 Å². The van der Waals surface area contributed by atoms with Gasteiger partial charge in [-0.2, -0.15) is 0 Å². The molecule has 1 fully saturated rings. The van der Waals surface area contributed by atoms with Gasteiger partial charge in [-0.05, 0) is 57.0 Å². The van der Waals surface area contributed by atoms with E-state index in [0.717, 1.165) is 12.3 Å². The van der Waals surface area contributed by atoms with Crippen LogP contribution in [0.25, 0.3) is 0 Å². The van der Waals surface area contributed by atoms with Crippen molar-refractivity contribution in [1.29, 1.82) is 0 Å². The van der Waals surface area contributed by atoms with Crippen LogP contribution in [0.3, 0.4) is 0 Å². The van der Waals surface area contributed by atoms with Gasteiger partial charge in [0.25, 0.3) is 0 Å². The van der Waals surface area contributed by atoms with E-state index in [1.54, 1.807) is 7.11 Å². The summed E-state index contributed by atoms with van der Waals surface area (Å²) in [6, 6.07) is 9.67. The molecule has 0 aliphatic carbocycles. The molecule has 20 heavy (non-hydrogen) atoms. The molecule has 3 heteroatoms. The summed E-state index contributed by atoms with van der Waals surface area (Å²) in [6.07, 6.45) is 3.71. The Balaban J connectivity index is 2.00. The van der Waals surface area contributed by atoms with E-state index in [9.17, 15) is 0 Å². The standard InChI is InChI=1S/C17H28N2O/c1-4-16-10-13-19(12-5-11-18-16)14(2)15-6-8-17(20-3)9-7-15/h6-9,14,16,18H,4-5,10-13H2,1-3H3. The fourth-order valence-corrected chi connectivity index (χ4v) is 2.95. The molecule has 0 radical (unpaired) electrons. The Hall–Kier alpha value is -1.06. The van der Waals surface area contributed by atoms with Crippen LogP contribution < -0.4 is 10.1 Å². The highest BCUT2D eigenvalue weighted by Crippen LogP contribution is 2.24. The van der Waals surface area contributed by atoms with E-state index >= 15 is 0 Å². The predicted molar refractivity (Wildman–Crippen MR) is 84.3 cm³/mol. The van der Waals surface area contributed by atoms with Gasteiger partial charge in [-0.1, -0.05) is 19.1 Å². The summed E-state index contributed by atoms with van der Waals surface area (Å²) in [5.74, 6) is 0.934. The van der Waals surface area contributed by atoms with E-state index in [1.165, 1.54) is 37.9 Å². The van der Waals surface area contributed by atoms with Crippen molar-refractivity contribution in [3.8, 4) is 5.75 Å². The third kappa shape index (κ3) is 3.97. The molecular formula is C17H28N2O. The molecule has 1 aromatic carbocycles. The van der Waals surface area contributed by atoms with Crippen LogP contribution in [0.5, 0.6) is 5.75 Å². The second-order valence-electron chi connectivity index (χ2n) is 5.69. The second kappa shape index (κ2) is 7.65. The summed E-state index contributed by atoms with van der Waals surface area (Å²) in [6.45, 7) is 8.09. The average molecular weight is 276 g/mol. The Morgan fingerprint density at radius 1 is 1.30 bits per heavy atom. The molecule has 0 bridgehead atoms. The molecule has 1 aliphatic rings. The summed E-state index contributed by atoms with van der Waals surface area (Å²) < 4.78 is 5.24. The first-order chi connectivity index (χ1) is 9.74. The molecule has 3 nitrogen and oxygen atoms in total. The van der Waals surface area contributed by atoms with Crippen molar-refractivity contribution in [2.75, 3.05) is 26.7 Å². The van der Waals surface area contributed by atoms with Crippen molar-refractivity contribution in [1.82, 2.24) is 10.2 Å². The molecule has 2 unspecified atom stereocenters. The van der Waals surface area contributed by atoms with Crippen LogP contribution in [0.15, 0.2) is 24.3 Å². The van der Waals surface area contributed by atoms with Crippen molar-refractivity contribution in [3.05, 3.63) is 29.8 Å². The Morgan fingerprint density at radius 3 is 2.70 bits per heavy atom. The number of rotatable bonds is 4. The van der Waals surface area contributed by atoms with Gasteiger partial charge in [-0.3, -0.25) is 4.90 Å². The van der Waals surface area contributed by atoms with Crippen LogP contribution in [0.2, 0.25) is 0 Å². The normalized spacial score (nSPS) is 22.9. The number of ether oxygens (including phenoxy) is 1. The monoisotopic (exact) mass is 276 g/mol. The third-order valence-corrected chi connectivity index (χ3v) is 4.46. The summed E-state index contributed by atoms with van der Waals surface area (Å²) in [5.41, 5.74) is 1.38. The molecule has 2 atom stereocenters. The Morgan fingerprint density at radius 2 is 2.05 bits per heavy atom. The Labute approximate surface area is 123 Å². The minimum Gasteiger partial charge on any atom is -0.497 e. The molecule has 0 amide bonds. The zero-order valence-electron chi connectivity index (χ0n) is 13.1. The van der Waals surface area contributed by atoms with E-state index in [1.807, 2.05) is 0 Å². The number of nitrogens with one attached hydrogen (secondary N) is 1. The van der Waals surface area contributed by atoms with E-state index in [0.29, 0.717) is 12.1 Å². The van der Waals surface area contributed by atoms with Crippen LogP contribution in [-0.2, 0) is 0 Å². The quantitative estimate of drug-likeness (QED) is 0.914. The fourth-order valence-electron chi connectivity index (χ4n) is 2.95. The summed E-state index contributed by atoms with van der Waals surface area (Å²) in [4.78, 5) is 2.62. The van der Waals surface area contributed by atoms with Crippen molar-refractivity contribution in [3.63, 3.8) is 0 Å². The largest absolute Gasteiger partial charge is 0.497 e. The number of methoxy groups -OCH3 is 1. The number of hydrogen-bond donors (Lipinski definition) is 1. The molecule has 1 aromatic rings. The van der Waals surface area contributed by atoms with E-state index in [4.69, 9.17) is 4.74 Å². The molecule has 1 saturated heterocycles. The topological polar surface area (TPSA) is 24.5 Å². The predicted octanol–water partition coefficient (Wildman–Crippen LogP) is 3.22. The van der Waals surface area contributed by atoms with Gasteiger partial charge in [-0.25, -0.2) is 0 Å². The van der Waals surface area contributed by atoms with Crippen molar-refractivity contribution >= 4 is 0 Å². The van der Waals surface area contributed by atoms with Gasteiger partial charge in [0.2, 0.25) is 0 Å². The maximum Gasteiger partial charge on any atom is 0.118 e. The van der Waals surface area contributed by atoms with Gasteiger partial charge >= 0.3 is 0 Å². The molecule has 2 rings (SSSR count). The number of benzene rings is 1. The summed E-state index contributed by atoms with van der Waals surface area (Å²) in [7, 11) is 1.72. The molecule has 112 valence electrons. The van der Waals surface area contributed by atoms with Crippen LogP contribution in [0, 0.1) is 0 Å². The molecule has 1 N–H and O–H groups in total. The lowest BCUT2D eigenvalue weighted by Crippen LogP contribution is -2.40. The lowest BCUT2D eigenvalue weighted by Gasteiger charge is -2.33. The molecule has 1 heterocycles. The van der Waals surface area contributed by atoms with Gasteiger partial charge in [0.05, 0.1) is 7.11 Å². The molecule has 0 saturated carbocycles. The number of nitrogens with zero attached hydrogens (tertiary/aromatic N) is 1. The first-order valence-electron chi connectivity index (χ1n) is 7.86. The second-order valence-corrected chi connectivity index (χ2v) is 5.69. The minimum atomic E-state index is 0.483. The molecule has 1 aliphatic heterocycles. The van der Waals surface area contributed by atoms with Gasteiger partial charge in [-0.15, -0.1) is 0 Å². The first-order valence-corrected chi connectivity index (χ1v) is 7.86. The highest BCUT2D eigenvalue weighted by molar-refractivity contribution is 5.28. The maximum absolute atomic E-state index is 5.24. The highest BCUT2D eigenvalue weighted by Gasteiger charge is 2.19. The third-order valence-electron chi connectivity index (χ3n) is 4.46. The first kappa shape index (κ1) is 15.3. The zero-order valence-corrected chi connectivity index (χ0v) is 13.1. The summed E-state index contributed by atoms with van der Waals surface area (Å²) >= 11 is 0. The van der Waals surface area contributed by atoms with Crippen LogP contribution >= 0.6 is 0 Å². The Kier molecular flexibility index (Phi) is 5.86. The lowest BCUT2D eigenvalue weighted by atomic mass is 10.0. The van der Waals surface area contributed by atoms with E-state index in [-0.39, 0.29) is 0 Å². The molecule has 0 aromatic heterocycles. The van der Waals surface area contributed by atoms with Crippen LogP contribution in [0.4, 0.5) is 0 Å². The SMILES string of the molecule is CCC1CCN(C(C)c2ccc(OC)cc2)CCCN1. The van der Waals surface area contributed by atoms with Crippen molar-refractivity contribution < 1.29 is 4.74 Å². The average Bonchev–Trinajstić information content (AvgIpc) is 2.47.